The van der Waals surface area contributed by atoms with E-state index in [0.29, 0.717) is 19.6 Å². The predicted molar refractivity (Wildman–Crippen MR) is 48.8 cm³/mol. The molecule has 0 aliphatic carbocycles. The van der Waals surface area contributed by atoms with Gasteiger partial charge >= 0.3 is 5.97 Å². The molecule has 1 saturated heterocycles. The molecule has 5 nitrogen and oxygen atoms in total. The van der Waals surface area contributed by atoms with Crippen LogP contribution in [-0.2, 0) is 14.3 Å². The second-order valence-corrected chi connectivity index (χ2v) is 3.83. The fourth-order valence-corrected chi connectivity index (χ4v) is 1.21. The lowest BCUT2D eigenvalue weighted by molar-refractivity contribution is -0.160. The van der Waals surface area contributed by atoms with Crippen LogP contribution >= 0.6 is 0 Å². The van der Waals surface area contributed by atoms with Crippen molar-refractivity contribution < 1.29 is 19.4 Å². The minimum Gasteiger partial charge on any atom is -0.480 e. The molecule has 0 radical (unpaired) electrons. The van der Waals surface area contributed by atoms with Gasteiger partial charge in [0.25, 0.3) is 0 Å². The molecule has 1 aliphatic rings. The first-order valence-electron chi connectivity index (χ1n) is 4.61. The maximum atomic E-state index is 11.6. The van der Waals surface area contributed by atoms with Crippen LogP contribution in [0.3, 0.4) is 0 Å². The highest BCUT2D eigenvalue weighted by Gasteiger charge is 2.42. The molecule has 14 heavy (non-hydrogen) atoms. The smallest absolute Gasteiger partial charge is 0.326 e. The van der Waals surface area contributed by atoms with E-state index in [1.807, 2.05) is 0 Å². The summed E-state index contributed by atoms with van der Waals surface area (Å²) in [7, 11) is 0. The minimum absolute atomic E-state index is 0.238. The molecule has 0 aromatic heterocycles. The van der Waals surface area contributed by atoms with E-state index < -0.39 is 17.4 Å². The Morgan fingerprint density at radius 1 is 1.57 bits per heavy atom. The molecule has 2 N–H and O–H groups in total. The Bertz CT molecular complexity index is 247. The maximum absolute atomic E-state index is 11.6. The van der Waals surface area contributed by atoms with Gasteiger partial charge in [-0.15, -0.1) is 0 Å². The third-order valence-electron chi connectivity index (χ3n) is 2.40. The second kappa shape index (κ2) is 3.96. The first-order chi connectivity index (χ1) is 6.49. The third kappa shape index (κ3) is 2.04. The van der Waals surface area contributed by atoms with Crippen LogP contribution in [0.25, 0.3) is 0 Å². The number of nitrogens with one attached hydrogen (secondary N) is 1. The summed E-state index contributed by atoms with van der Waals surface area (Å²) in [5, 5.41) is 11.2. The van der Waals surface area contributed by atoms with Crippen LogP contribution < -0.4 is 5.32 Å². The summed E-state index contributed by atoms with van der Waals surface area (Å²) in [5.41, 5.74) is -0.539. The topological polar surface area (TPSA) is 75.6 Å². The van der Waals surface area contributed by atoms with E-state index in [9.17, 15) is 9.59 Å². The van der Waals surface area contributed by atoms with Crippen LogP contribution in [0.15, 0.2) is 0 Å². The average molecular weight is 201 g/mol. The summed E-state index contributed by atoms with van der Waals surface area (Å²) in [4.78, 5) is 22.2. The summed E-state index contributed by atoms with van der Waals surface area (Å²) in [6, 6.07) is -0.792. The van der Waals surface area contributed by atoms with Crippen LogP contribution in [0.4, 0.5) is 0 Å². The Kier molecular flexibility index (Phi) is 3.10. The summed E-state index contributed by atoms with van der Waals surface area (Å²) in [5.74, 6) is -1.23. The van der Waals surface area contributed by atoms with Crippen molar-refractivity contribution in [2.24, 2.45) is 5.41 Å². The molecule has 1 aliphatic heterocycles. The van der Waals surface area contributed by atoms with Crippen molar-refractivity contribution in [2.75, 3.05) is 13.2 Å². The molecule has 0 saturated carbocycles. The number of hydrogen-bond acceptors (Lipinski definition) is 3. The first-order valence-corrected chi connectivity index (χ1v) is 4.61. The van der Waals surface area contributed by atoms with Crippen LogP contribution in [-0.4, -0.2) is 36.2 Å². The van der Waals surface area contributed by atoms with Crippen molar-refractivity contribution in [3.8, 4) is 0 Å². The van der Waals surface area contributed by atoms with Gasteiger partial charge in [-0.2, -0.15) is 0 Å². The average Bonchev–Trinajstić information content (AvgIpc) is 2.09. The SMILES string of the molecule is CCC(NC(=O)C1(C)COC1)C(=O)O. The number of aliphatic carboxylic acids is 1. The molecule has 80 valence electrons. The van der Waals surface area contributed by atoms with Gasteiger partial charge in [0.05, 0.1) is 18.6 Å². The highest BCUT2D eigenvalue weighted by Crippen LogP contribution is 2.26. The number of carbonyl (C=O) groups is 2. The van der Waals surface area contributed by atoms with E-state index in [0.717, 1.165) is 0 Å². The standard InChI is InChI=1S/C9H15NO4/c1-3-6(7(11)12)10-8(13)9(2)4-14-5-9/h6H,3-5H2,1-2H3,(H,10,13)(H,11,12). The Morgan fingerprint density at radius 2 is 2.14 bits per heavy atom. The van der Waals surface area contributed by atoms with Gasteiger partial charge in [0.1, 0.15) is 6.04 Å². The molecule has 0 aromatic carbocycles. The number of carbonyl (C=O) groups excluding carboxylic acids is 1. The van der Waals surface area contributed by atoms with Crippen molar-refractivity contribution in [3.05, 3.63) is 0 Å². The molecule has 0 aromatic rings. The van der Waals surface area contributed by atoms with Gasteiger partial charge in [-0.25, -0.2) is 4.79 Å². The van der Waals surface area contributed by atoms with Crippen LogP contribution in [0, 0.1) is 5.41 Å². The Hall–Kier alpha value is -1.10. The summed E-state index contributed by atoms with van der Waals surface area (Å²) >= 11 is 0. The molecule has 1 amide bonds. The van der Waals surface area contributed by atoms with E-state index in [2.05, 4.69) is 5.32 Å². The lowest BCUT2D eigenvalue weighted by Crippen LogP contribution is -2.55. The van der Waals surface area contributed by atoms with Gasteiger partial charge in [0.2, 0.25) is 5.91 Å². The fourth-order valence-electron chi connectivity index (χ4n) is 1.21. The summed E-state index contributed by atoms with van der Waals surface area (Å²) in [6.07, 6.45) is 0.387. The lowest BCUT2D eigenvalue weighted by Gasteiger charge is -2.36. The quantitative estimate of drug-likeness (QED) is 0.671. The van der Waals surface area contributed by atoms with Crippen molar-refractivity contribution in [1.29, 1.82) is 0 Å². The van der Waals surface area contributed by atoms with Gasteiger partial charge in [0.15, 0.2) is 0 Å². The largest absolute Gasteiger partial charge is 0.480 e. The van der Waals surface area contributed by atoms with Crippen molar-refractivity contribution in [1.82, 2.24) is 5.32 Å². The highest BCUT2D eigenvalue weighted by atomic mass is 16.5. The third-order valence-corrected chi connectivity index (χ3v) is 2.40. The van der Waals surface area contributed by atoms with Gasteiger partial charge in [0, 0.05) is 0 Å². The molecule has 5 heteroatoms. The Labute approximate surface area is 82.4 Å². The summed E-state index contributed by atoms with van der Waals surface area (Å²) in [6.45, 7) is 4.23. The van der Waals surface area contributed by atoms with E-state index in [-0.39, 0.29) is 5.91 Å². The molecule has 1 unspecified atom stereocenters. The van der Waals surface area contributed by atoms with Crippen molar-refractivity contribution >= 4 is 11.9 Å². The zero-order valence-electron chi connectivity index (χ0n) is 8.37. The Balaban J connectivity index is 2.50. The molecule has 1 rings (SSSR count). The second-order valence-electron chi connectivity index (χ2n) is 3.83. The minimum atomic E-state index is -0.996. The van der Waals surface area contributed by atoms with E-state index >= 15 is 0 Å². The zero-order chi connectivity index (χ0) is 10.8. The predicted octanol–water partition coefficient (Wildman–Crippen LogP) is 0.00230. The molecule has 0 spiro atoms. The van der Waals surface area contributed by atoms with E-state index in [4.69, 9.17) is 9.84 Å². The zero-order valence-corrected chi connectivity index (χ0v) is 8.37. The number of carboxylic acids is 1. The van der Waals surface area contributed by atoms with Gasteiger partial charge in [-0.3, -0.25) is 4.79 Å². The lowest BCUT2D eigenvalue weighted by atomic mass is 9.87. The number of carboxylic acid groups (broad SMARTS) is 1. The van der Waals surface area contributed by atoms with Gasteiger partial charge in [-0.1, -0.05) is 6.92 Å². The van der Waals surface area contributed by atoms with E-state index in [1.165, 1.54) is 0 Å². The Morgan fingerprint density at radius 3 is 2.43 bits per heavy atom. The molecular weight excluding hydrogens is 186 g/mol. The normalized spacial score (nSPS) is 20.7. The van der Waals surface area contributed by atoms with E-state index in [1.54, 1.807) is 13.8 Å². The molecular formula is C9H15NO4. The molecule has 1 atom stereocenters. The van der Waals surface area contributed by atoms with Gasteiger partial charge in [-0.05, 0) is 13.3 Å². The van der Waals surface area contributed by atoms with Crippen LogP contribution in [0.2, 0.25) is 0 Å². The number of hydrogen-bond donors (Lipinski definition) is 2. The highest BCUT2D eigenvalue weighted by molar-refractivity contribution is 5.87. The maximum Gasteiger partial charge on any atom is 0.326 e. The first kappa shape index (κ1) is 11.0. The number of ether oxygens (including phenoxy) is 1. The fraction of sp³-hybridized carbons (Fsp3) is 0.778. The number of rotatable bonds is 4. The van der Waals surface area contributed by atoms with Crippen molar-refractivity contribution in [3.63, 3.8) is 0 Å². The molecule has 0 bridgehead atoms. The summed E-state index contributed by atoms with van der Waals surface area (Å²) < 4.78 is 4.93. The van der Waals surface area contributed by atoms with Crippen molar-refractivity contribution in [2.45, 2.75) is 26.3 Å². The molecule has 1 heterocycles. The monoisotopic (exact) mass is 201 g/mol. The van der Waals surface area contributed by atoms with Crippen LogP contribution in [0.1, 0.15) is 20.3 Å². The van der Waals surface area contributed by atoms with Gasteiger partial charge < -0.3 is 15.2 Å². The van der Waals surface area contributed by atoms with Crippen LogP contribution in [0.5, 0.6) is 0 Å². The molecule has 1 fully saturated rings. The number of amides is 1.